The highest BCUT2D eigenvalue weighted by molar-refractivity contribution is 5.93. The van der Waals surface area contributed by atoms with Crippen LogP contribution in [0.3, 0.4) is 0 Å². The van der Waals surface area contributed by atoms with Gasteiger partial charge < -0.3 is 14.9 Å². The number of aromatic nitrogens is 5. The van der Waals surface area contributed by atoms with Crippen LogP contribution in [0, 0.1) is 18.3 Å². The minimum Gasteiger partial charge on any atom is -0.483 e. The third kappa shape index (κ3) is 8.68. The number of likely N-dealkylation sites (N-methyl/N-ethyl adjacent to an activating group) is 2. The summed E-state index contributed by atoms with van der Waals surface area (Å²) in [5.41, 5.74) is 2.99. The number of carboxylic acid groups (broad SMARTS) is 1. The van der Waals surface area contributed by atoms with Crippen molar-refractivity contribution in [3.8, 4) is 34.1 Å². The van der Waals surface area contributed by atoms with Gasteiger partial charge in [-0.15, -0.1) is 5.10 Å². The number of hydrogen-bond donors (Lipinski definition) is 2. The molecule has 5 aromatic rings. The molecule has 0 saturated heterocycles. The molecule has 2 amide bonds. The molecule has 3 aromatic heterocycles. The average molecular weight is 690 g/mol. The molecule has 0 aliphatic heterocycles. The molecule has 2 aromatic carbocycles. The summed E-state index contributed by atoms with van der Waals surface area (Å²) in [4.78, 5) is 41.7. The van der Waals surface area contributed by atoms with Crippen molar-refractivity contribution in [1.29, 1.82) is 5.26 Å². The predicted octanol–water partition coefficient (Wildman–Crippen LogP) is 4.89. The van der Waals surface area contributed by atoms with E-state index in [1.165, 1.54) is 10.6 Å². The van der Waals surface area contributed by atoms with Crippen LogP contribution < -0.4 is 5.32 Å². The Labute approximate surface area is 285 Å². The van der Waals surface area contributed by atoms with Gasteiger partial charge in [-0.3, -0.25) is 19.7 Å². The van der Waals surface area contributed by atoms with E-state index >= 15 is 0 Å². The van der Waals surface area contributed by atoms with Crippen LogP contribution in [-0.4, -0.2) is 91.8 Å². The van der Waals surface area contributed by atoms with Crippen molar-refractivity contribution in [2.75, 3.05) is 39.5 Å². The Kier molecular flexibility index (Phi) is 11.7. The van der Waals surface area contributed by atoms with Crippen LogP contribution in [0.1, 0.15) is 29.5 Å². The number of halogens is 3. The normalized spacial score (nSPS) is 11.1. The molecule has 0 atom stereocenters. The molecule has 0 saturated carbocycles. The maximum Gasteiger partial charge on any atom is 0.416 e. The molecule has 0 spiro atoms. The van der Waals surface area contributed by atoms with E-state index in [9.17, 15) is 28.0 Å². The monoisotopic (exact) mass is 689 g/mol. The van der Waals surface area contributed by atoms with E-state index in [-0.39, 0.29) is 42.4 Å². The smallest absolute Gasteiger partial charge is 0.416 e. The molecule has 0 aliphatic carbocycles. The topological polar surface area (TPSA) is 162 Å². The number of nitriles is 1. The van der Waals surface area contributed by atoms with E-state index < -0.39 is 17.6 Å². The van der Waals surface area contributed by atoms with Crippen molar-refractivity contribution in [3.63, 3.8) is 0 Å². The van der Waals surface area contributed by atoms with Gasteiger partial charge in [-0.25, -0.2) is 9.20 Å². The Morgan fingerprint density at radius 1 is 1.06 bits per heavy atom. The number of hydrogen-bond acceptors (Lipinski definition) is 8. The molecule has 260 valence electrons. The van der Waals surface area contributed by atoms with Crippen molar-refractivity contribution in [3.05, 3.63) is 83.7 Å². The summed E-state index contributed by atoms with van der Waals surface area (Å²) in [6.45, 7) is 2.72. The van der Waals surface area contributed by atoms with E-state index in [4.69, 9.17) is 9.90 Å². The SMILES string of the molecule is Cc1c(-c2ccnn2-c2ccc(C#N)cc2)cn2nc(NC(=O)CCC(=O)N(C)CCN(C)C)nc2c1-c1cccc(C(F)(F)F)c1.O=CO. The molecule has 0 fully saturated rings. The zero-order valence-corrected chi connectivity index (χ0v) is 27.6. The Balaban J connectivity index is 0.00000181. The Bertz CT molecular complexity index is 2030. The van der Waals surface area contributed by atoms with Crippen molar-refractivity contribution >= 4 is 29.9 Å². The first-order chi connectivity index (χ1) is 23.8. The lowest BCUT2D eigenvalue weighted by Gasteiger charge is -2.19. The highest BCUT2D eigenvalue weighted by atomic mass is 19.4. The van der Waals surface area contributed by atoms with Gasteiger partial charge in [0.1, 0.15) is 0 Å². The maximum atomic E-state index is 13.8. The van der Waals surface area contributed by atoms with Gasteiger partial charge in [0.25, 0.3) is 6.47 Å². The summed E-state index contributed by atoms with van der Waals surface area (Å²) in [5.74, 6) is -0.726. The van der Waals surface area contributed by atoms with Crippen molar-refractivity contribution in [2.24, 2.45) is 0 Å². The standard InChI is InChI=1S/C33H32F3N9O2.CH2O2/c1-21-26(27-14-15-38-45(27)25-10-8-22(19-37)9-11-25)20-44-31(30(21)23-6-5-7-24(18-23)33(34,35)36)40-32(41-44)39-28(46)12-13-29(47)43(4)17-16-42(2)3;2-1-3/h5-11,14-15,18,20H,12-13,16-17H2,1-4H3,(H,39,41,46);1H,(H,2,3). The first kappa shape index (κ1) is 36.8. The molecule has 16 heteroatoms. The summed E-state index contributed by atoms with van der Waals surface area (Å²) >= 11 is 0. The first-order valence-corrected chi connectivity index (χ1v) is 15.2. The number of pyridine rings is 1. The molecule has 0 bridgehead atoms. The minimum atomic E-state index is -4.57. The zero-order valence-electron chi connectivity index (χ0n) is 27.6. The quantitative estimate of drug-likeness (QED) is 0.195. The lowest BCUT2D eigenvalue weighted by molar-refractivity contribution is -0.137. The maximum absolute atomic E-state index is 13.8. The first-order valence-electron chi connectivity index (χ1n) is 15.2. The van der Waals surface area contributed by atoms with E-state index in [1.54, 1.807) is 72.3 Å². The Morgan fingerprint density at radius 3 is 2.40 bits per heavy atom. The summed E-state index contributed by atoms with van der Waals surface area (Å²) in [7, 11) is 5.48. The Morgan fingerprint density at radius 2 is 1.76 bits per heavy atom. The summed E-state index contributed by atoms with van der Waals surface area (Å²) in [5, 5.41) is 27.6. The molecule has 0 aliphatic rings. The minimum absolute atomic E-state index is 0.0127. The molecule has 13 nitrogen and oxygen atoms in total. The lowest BCUT2D eigenvalue weighted by Crippen LogP contribution is -2.33. The third-order valence-corrected chi connectivity index (χ3v) is 7.65. The summed E-state index contributed by atoms with van der Waals surface area (Å²) in [6.07, 6.45) is -1.43. The molecule has 2 N–H and O–H groups in total. The van der Waals surface area contributed by atoms with E-state index in [2.05, 4.69) is 26.6 Å². The second-order valence-electron chi connectivity index (χ2n) is 11.4. The number of carbonyl (C=O) groups is 3. The largest absolute Gasteiger partial charge is 0.483 e. The van der Waals surface area contributed by atoms with Gasteiger partial charge in [-0.1, -0.05) is 12.1 Å². The molecule has 0 radical (unpaired) electrons. The third-order valence-electron chi connectivity index (χ3n) is 7.65. The lowest BCUT2D eigenvalue weighted by atomic mass is 9.95. The number of benzene rings is 2. The second kappa shape index (κ2) is 15.9. The van der Waals surface area contributed by atoms with Gasteiger partial charge in [0.2, 0.25) is 17.8 Å². The number of amides is 2. The van der Waals surface area contributed by atoms with E-state index in [0.717, 1.165) is 12.1 Å². The van der Waals surface area contributed by atoms with Crippen LogP contribution >= 0.6 is 0 Å². The van der Waals surface area contributed by atoms with Crippen LogP contribution in [0.15, 0.2) is 67.0 Å². The van der Waals surface area contributed by atoms with Crippen LogP contribution in [-0.2, 0) is 20.6 Å². The van der Waals surface area contributed by atoms with Crippen LogP contribution in [0.5, 0.6) is 0 Å². The Hall–Kier alpha value is -6.08. The second-order valence-corrected chi connectivity index (χ2v) is 11.4. The molecular formula is C34H34F3N9O4. The number of alkyl halides is 3. The van der Waals surface area contributed by atoms with Crippen molar-refractivity contribution in [2.45, 2.75) is 25.9 Å². The average Bonchev–Trinajstić information content (AvgIpc) is 3.73. The van der Waals surface area contributed by atoms with Gasteiger partial charge in [0.05, 0.1) is 34.8 Å². The van der Waals surface area contributed by atoms with Crippen LogP contribution in [0.25, 0.3) is 33.7 Å². The zero-order chi connectivity index (χ0) is 36.6. The highest BCUT2D eigenvalue weighted by Gasteiger charge is 2.31. The van der Waals surface area contributed by atoms with Crippen molar-refractivity contribution in [1.82, 2.24) is 34.2 Å². The molecule has 0 unspecified atom stereocenters. The predicted molar refractivity (Wildman–Crippen MR) is 178 cm³/mol. The van der Waals surface area contributed by atoms with Crippen LogP contribution in [0.4, 0.5) is 19.1 Å². The summed E-state index contributed by atoms with van der Waals surface area (Å²) < 4.78 is 44.3. The fourth-order valence-corrected chi connectivity index (χ4v) is 5.08. The number of carbonyl (C=O) groups excluding carboxylic acids is 2. The number of fused-ring (bicyclic) bond motifs is 1. The highest BCUT2D eigenvalue weighted by Crippen LogP contribution is 2.38. The van der Waals surface area contributed by atoms with Crippen molar-refractivity contribution < 1.29 is 32.7 Å². The van der Waals surface area contributed by atoms with Crippen LogP contribution in [0.2, 0.25) is 0 Å². The van der Waals surface area contributed by atoms with E-state index in [1.807, 2.05) is 19.0 Å². The fraction of sp³-hybridized carbons (Fsp3) is 0.265. The number of nitrogens with one attached hydrogen (secondary N) is 1. The van der Waals surface area contributed by atoms with Gasteiger partial charge in [0, 0.05) is 50.3 Å². The molecule has 50 heavy (non-hydrogen) atoms. The molecular weight excluding hydrogens is 655 g/mol. The molecule has 5 rings (SSSR count). The van der Waals surface area contributed by atoms with Gasteiger partial charge >= 0.3 is 6.18 Å². The van der Waals surface area contributed by atoms with Gasteiger partial charge in [-0.2, -0.15) is 28.5 Å². The fourth-order valence-electron chi connectivity index (χ4n) is 5.08. The summed E-state index contributed by atoms with van der Waals surface area (Å²) in [6, 6.07) is 15.6. The number of anilines is 1. The number of nitrogens with zero attached hydrogens (tertiary/aromatic N) is 8. The number of rotatable bonds is 10. The van der Waals surface area contributed by atoms with Gasteiger partial charge in [-0.05, 0) is 74.6 Å². The van der Waals surface area contributed by atoms with E-state index in [0.29, 0.717) is 46.7 Å². The molecule has 3 heterocycles. The van der Waals surface area contributed by atoms with Gasteiger partial charge in [0.15, 0.2) is 5.65 Å².